The summed E-state index contributed by atoms with van der Waals surface area (Å²) in [6, 6.07) is 7.15. The Morgan fingerprint density at radius 2 is 1.84 bits per heavy atom. The average Bonchev–Trinajstić information content (AvgIpc) is 2.45. The van der Waals surface area contributed by atoms with Crippen molar-refractivity contribution in [1.29, 1.82) is 0 Å². The lowest BCUT2D eigenvalue weighted by molar-refractivity contribution is -0.127. The van der Waals surface area contributed by atoms with Crippen LogP contribution in [-0.2, 0) is 9.53 Å². The summed E-state index contributed by atoms with van der Waals surface area (Å²) < 4.78 is 4.73. The molecule has 0 bridgehead atoms. The second kappa shape index (κ2) is 7.84. The van der Waals surface area contributed by atoms with Gasteiger partial charge in [-0.1, -0.05) is 12.1 Å². The van der Waals surface area contributed by atoms with Gasteiger partial charge in [-0.2, -0.15) is 0 Å². The summed E-state index contributed by atoms with van der Waals surface area (Å²) in [6.45, 7) is 5.31. The highest BCUT2D eigenvalue weighted by Gasteiger charge is 2.14. The number of carbonyl (C=O) groups is 2. The quantitative estimate of drug-likeness (QED) is 0.593. The highest BCUT2D eigenvalue weighted by Crippen LogP contribution is 2.23. The predicted molar refractivity (Wildman–Crippen MR) is 76.4 cm³/mol. The van der Waals surface area contributed by atoms with Crippen molar-refractivity contribution in [2.75, 3.05) is 26.0 Å². The minimum atomic E-state index is -0.376. The van der Waals surface area contributed by atoms with Gasteiger partial charge in [-0.05, 0) is 26.0 Å². The van der Waals surface area contributed by atoms with Gasteiger partial charge in [0.15, 0.2) is 0 Å². The number of nitrogens with zero attached hydrogens (tertiary/aromatic N) is 1. The maximum absolute atomic E-state index is 11.9. The second-order valence-corrected chi connectivity index (χ2v) is 4.86. The van der Waals surface area contributed by atoms with Gasteiger partial charge in [0.05, 0.1) is 18.4 Å². The standard InChI is InChI=1S/C14H19NO3S/c1-4-15(5-2)13(16)10-19-12-9-7-6-8-11(12)14(17)18-3/h6-9H,4-5,10H2,1-3H3. The summed E-state index contributed by atoms with van der Waals surface area (Å²) >= 11 is 1.37. The molecule has 0 fully saturated rings. The zero-order chi connectivity index (χ0) is 14.3. The SMILES string of the molecule is CCN(CC)C(=O)CSc1ccccc1C(=O)OC. The highest BCUT2D eigenvalue weighted by molar-refractivity contribution is 8.00. The Labute approximate surface area is 118 Å². The minimum Gasteiger partial charge on any atom is -0.465 e. The van der Waals surface area contributed by atoms with E-state index in [-0.39, 0.29) is 11.9 Å². The first-order valence-corrected chi connectivity index (χ1v) is 7.20. The molecule has 0 atom stereocenters. The number of rotatable bonds is 6. The summed E-state index contributed by atoms with van der Waals surface area (Å²) in [5.41, 5.74) is 0.502. The van der Waals surface area contributed by atoms with Crippen LogP contribution in [0.15, 0.2) is 29.2 Å². The molecule has 0 radical (unpaired) electrons. The van der Waals surface area contributed by atoms with Crippen molar-refractivity contribution in [2.45, 2.75) is 18.7 Å². The van der Waals surface area contributed by atoms with Crippen molar-refractivity contribution in [2.24, 2.45) is 0 Å². The first-order valence-electron chi connectivity index (χ1n) is 6.21. The van der Waals surface area contributed by atoms with E-state index in [1.807, 2.05) is 26.0 Å². The number of esters is 1. The smallest absolute Gasteiger partial charge is 0.338 e. The van der Waals surface area contributed by atoms with E-state index < -0.39 is 0 Å². The van der Waals surface area contributed by atoms with Crippen LogP contribution in [0.2, 0.25) is 0 Å². The normalized spacial score (nSPS) is 10.1. The molecule has 0 aliphatic heterocycles. The molecule has 0 aliphatic carbocycles. The van der Waals surface area contributed by atoms with Crippen molar-refractivity contribution in [3.05, 3.63) is 29.8 Å². The third-order valence-corrected chi connectivity index (χ3v) is 3.82. The number of thioether (sulfide) groups is 1. The Morgan fingerprint density at radius 1 is 1.21 bits per heavy atom. The molecule has 0 heterocycles. The summed E-state index contributed by atoms with van der Waals surface area (Å²) in [4.78, 5) is 26.1. The largest absolute Gasteiger partial charge is 0.465 e. The summed E-state index contributed by atoms with van der Waals surface area (Å²) in [5, 5.41) is 0. The lowest BCUT2D eigenvalue weighted by Gasteiger charge is -2.18. The molecule has 0 spiro atoms. The van der Waals surface area contributed by atoms with Gasteiger partial charge < -0.3 is 9.64 Å². The highest BCUT2D eigenvalue weighted by atomic mass is 32.2. The molecule has 0 saturated carbocycles. The molecule has 104 valence electrons. The Balaban J connectivity index is 2.73. The first-order chi connectivity index (χ1) is 9.13. The van der Waals surface area contributed by atoms with Crippen LogP contribution in [0.25, 0.3) is 0 Å². The van der Waals surface area contributed by atoms with E-state index >= 15 is 0 Å². The zero-order valence-electron chi connectivity index (χ0n) is 11.5. The predicted octanol–water partition coefficient (Wildman–Crippen LogP) is 2.43. The Bertz CT molecular complexity index is 444. The Morgan fingerprint density at radius 3 is 2.42 bits per heavy atom. The van der Waals surface area contributed by atoms with E-state index in [4.69, 9.17) is 4.74 Å². The molecule has 1 amide bonds. The molecular weight excluding hydrogens is 262 g/mol. The van der Waals surface area contributed by atoms with Crippen LogP contribution < -0.4 is 0 Å². The number of carbonyl (C=O) groups excluding carboxylic acids is 2. The molecular formula is C14H19NO3S. The van der Waals surface area contributed by atoms with Gasteiger partial charge in [0.2, 0.25) is 5.91 Å². The summed E-state index contributed by atoms with van der Waals surface area (Å²) in [6.07, 6.45) is 0. The molecule has 1 rings (SSSR count). The van der Waals surface area contributed by atoms with Gasteiger partial charge >= 0.3 is 5.97 Å². The van der Waals surface area contributed by atoms with Gasteiger partial charge in [-0.25, -0.2) is 4.79 Å². The van der Waals surface area contributed by atoms with Gasteiger partial charge in [-0.15, -0.1) is 11.8 Å². The lowest BCUT2D eigenvalue weighted by Crippen LogP contribution is -2.31. The summed E-state index contributed by atoms with van der Waals surface area (Å²) in [7, 11) is 1.35. The van der Waals surface area contributed by atoms with Crippen LogP contribution in [0.1, 0.15) is 24.2 Å². The molecule has 0 saturated heterocycles. The van der Waals surface area contributed by atoms with Crippen LogP contribution in [0.4, 0.5) is 0 Å². The molecule has 0 N–H and O–H groups in total. The van der Waals surface area contributed by atoms with Gasteiger partial charge in [0.1, 0.15) is 0 Å². The van der Waals surface area contributed by atoms with Crippen LogP contribution in [-0.4, -0.2) is 42.7 Å². The monoisotopic (exact) mass is 281 g/mol. The van der Waals surface area contributed by atoms with Gasteiger partial charge in [-0.3, -0.25) is 4.79 Å². The van der Waals surface area contributed by atoms with E-state index in [9.17, 15) is 9.59 Å². The fraction of sp³-hybridized carbons (Fsp3) is 0.429. The van der Waals surface area contributed by atoms with Crippen molar-refractivity contribution >= 4 is 23.6 Å². The number of hydrogen-bond acceptors (Lipinski definition) is 4. The van der Waals surface area contributed by atoms with Crippen molar-refractivity contribution in [3.8, 4) is 0 Å². The molecule has 5 heteroatoms. The number of ether oxygens (including phenoxy) is 1. The number of hydrogen-bond donors (Lipinski definition) is 0. The topological polar surface area (TPSA) is 46.6 Å². The third-order valence-electron chi connectivity index (χ3n) is 2.76. The maximum atomic E-state index is 11.9. The van der Waals surface area contributed by atoms with Gasteiger partial charge in [0, 0.05) is 18.0 Å². The van der Waals surface area contributed by atoms with E-state index in [0.717, 1.165) is 4.90 Å². The van der Waals surface area contributed by atoms with Crippen molar-refractivity contribution in [1.82, 2.24) is 4.90 Å². The fourth-order valence-electron chi connectivity index (χ4n) is 1.68. The number of benzene rings is 1. The van der Waals surface area contributed by atoms with E-state index in [2.05, 4.69) is 0 Å². The first kappa shape index (κ1) is 15.6. The molecule has 1 aromatic carbocycles. The number of amides is 1. The van der Waals surface area contributed by atoms with Crippen LogP contribution in [0.3, 0.4) is 0 Å². The van der Waals surface area contributed by atoms with Crippen LogP contribution in [0.5, 0.6) is 0 Å². The van der Waals surface area contributed by atoms with E-state index in [1.54, 1.807) is 17.0 Å². The molecule has 4 nitrogen and oxygen atoms in total. The fourth-order valence-corrected chi connectivity index (χ4v) is 2.62. The van der Waals surface area contributed by atoms with Crippen LogP contribution in [0, 0.1) is 0 Å². The molecule has 19 heavy (non-hydrogen) atoms. The Kier molecular flexibility index (Phi) is 6.42. The van der Waals surface area contributed by atoms with Gasteiger partial charge in [0.25, 0.3) is 0 Å². The molecule has 0 unspecified atom stereocenters. The molecule has 1 aromatic rings. The molecule has 0 aromatic heterocycles. The zero-order valence-corrected chi connectivity index (χ0v) is 12.3. The second-order valence-electron chi connectivity index (χ2n) is 3.84. The van der Waals surface area contributed by atoms with E-state index in [0.29, 0.717) is 24.4 Å². The minimum absolute atomic E-state index is 0.0784. The molecule has 0 aliphatic rings. The van der Waals surface area contributed by atoms with Crippen LogP contribution >= 0.6 is 11.8 Å². The van der Waals surface area contributed by atoms with Crippen molar-refractivity contribution < 1.29 is 14.3 Å². The average molecular weight is 281 g/mol. The maximum Gasteiger partial charge on any atom is 0.338 e. The Hall–Kier alpha value is -1.49. The van der Waals surface area contributed by atoms with Crippen molar-refractivity contribution in [3.63, 3.8) is 0 Å². The third kappa shape index (κ3) is 4.28. The van der Waals surface area contributed by atoms with E-state index in [1.165, 1.54) is 18.9 Å². The summed E-state index contributed by atoms with van der Waals surface area (Å²) in [5.74, 6) is 0.0310. The lowest BCUT2D eigenvalue weighted by atomic mass is 10.2. The number of methoxy groups -OCH3 is 1.